The number of amides is 2. The first-order chi connectivity index (χ1) is 16.0. The average Bonchev–Trinajstić information content (AvgIpc) is 3.12. The van der Waals surface area contributed by atoms with E-state index in [1.165, 1.54) is 0 Å². The maximum atomic E-state index is 12.9. The molecule has 1 saturated heterocycles. The van der Waals surface area contributed by atoms with Gasteiger partial charge < -0.3 is 15.5 Å². The molecule has 3 aromatic rings. The maximum Gasteiger partial charge on any atom is 0.254 e. The second-order valence-corrected chi connectivity index (χ2v) is 9.30. The largest absolute Gasteiger partial charge is 0.376 e. The van der Waals surface area contributed by atoms with Gasteiger partial charge in [0.25, 0.3) is 5.91 Å². The van der Waals surface area contributed by atoms with Crippen molar-refractivity contribution in [2.45, 2.75) is 20.8 Å². The van der Waals surface area contributed by atoms with Gasteiger partial charge in [-0.2, -0.15) is 16.9 Å². The van der Waals surface area contributed by atoms with Crippen LogP contribution in [0.15, 0.2) is 48.5 Å². The van der Waals surface area contributed by atoms with E-state index in [4.69, 9.17) is 0 Å². The highest BCUT2D eigenvalue weighted by Crippen LogP contribution is 2.24. The highest BCUT2D eigenvalue weighted by molar-refractivity contribution is 7.99. The van der Waals surface area contributed by atoms with E-state index in [1.807, 2.05) is 90.6 Å². The number of para-hydroxylation sites is 1. The Morgan fingerprint density at radius 2 is 1.73 bits per heavy atom. The van der Waals surface area contributed by atoms with E-state index in [9.17, 15) is 9.59 Å². The normalized spacial score (nSPS) is 13.6. The molecule has 4 rings (SSSR count). The zero-order valence-electron chi connectivity index (χ0n) is 19.2. The quantitative estimate of drug-likeness (QED) is 0.577. The molecule has 2 heterocycles. The molecule has 0 radical (unpaired) electrons. The Labute approximate surface area is 198 Å². The standard InChI is InChI=1S/C25H29N5O2S/c1-17-21(25(32)29-12-14-33-15-13-29)10-7-11-22(17)26-16-23(31)27-24-18(2)28-30(19(24)3)20-8-5-4-6-9-20/h4-11,26H,12-16H2,1-3H3,(H,27,31). The van der Waals surface area contributed by atoms with Gasteiger partial charge in [-0.05, 0) is 50.6 Å². The van der Waals surface area contributed by atoms with E-state index in [-0.39, 0.29) is 18.4 Å². The van der Waals surface area contributed by atoms with Crippen molar-refractivity contribution in [1.29, 1.82) is 0 Å². The molecule has 0 spiro atoms. The van der Waals surface area contributed by atoms with Gasteiger partial charge in [-0.15, -0.1) is 0 Å². The molecule has 0 bridgehead atoms. The van der Waals surface area contributed by atoms with Crippen molar-refractivity contribution in [3.8, 4) is 5.69 Å². The summed E-state index contributed by atoms with van der Waals surface area (Å²) in [6.07, 6.45) is 0. The smallest absolute Gasteiger partial charge is 0.254 e. The number of thioether (sulfide) groups is 1. The third-order valence-electron chi connectivity index (χ3n) is 5.86. The molecule has 0 aliphatic carbocycles. The molecular weight excluding hydrogens is 434 g/mol. The number of nitrogens with zero attached hydrogens (tertiary/aromatic N) is 3. The highest BCUT2D eigenvalue weighted by Gasteiger charge is 2.21. The molecule has 0 unspecified atom stereocenters. The summed E-state index contributed by atoms with van der Waals surface area (Å²) in [5.74, 6) is 1.84. The lowest BCUT2D eigenvalue weighted by atomic mass is 10.1. The predicted molar refractivity (Wildman–Crippen MR) is 135 cm³/mol. The topological polar surface area (TPSA) is 79.3 Å². The fourth-order valence-electron chi connectivity index (χ4n) is 4.00. The molecule has 172 valence electrons. The van der Waals surface area contributed by atoms with Gasteiger partial charge in [0.15, 0.2) is 0 Å². The summed E-state index contributed by atoms with van der Waals surface area (Å²) in [6, 6.07) is 15.4. The summed E-state index contributed by atoms with van der Waals surface area (Å²) in [5, 5.41) is 10.8. The van der Waals surface area contributed by atoms with Crippen molar-refractivity contribution in [3.05, 3.63) is 71.0 Å². The predicted octanol–water partition coefficient (Wildman–Crippen LogP) is 4.04. The van der Waals surface area contributed by atoms with Crippen LogP contribution in [-0.4, -0.2) is 57.6 Å². The second kappa shape index (κ2) is 10.1. The third-order valence-corrected chi connectivity index (χ3v) is 6.80. The van der Waals surface area contributed by atoms with Crippen LogP contribution in [0.4, 0.5) is 11.4 Å². The van der Waals surface area contributed by atoms with Crippen LogP contribution in [0.5, 0.6) is 0 Å². The molecule has 2 aromatic carbocycles. The summed E-state index contributed by atoms with van der Waals surface area (Å²) >= 11 is 1.88. The Morgan fingerprint density at radius 3 is 2.45 bits per heavy atom. The van der Waals surface area contributed by atoms with Gasteiger partial charge in [-0.25, -0.2) is 4.68 Å². The van der Waals surface area contributed by atoms with Gasteiger partial charge in [0.1, 0.15) is 0 Å². The lowest BCUT2D eigenvalue weighted by molar-refractivity contribution is -0.114. The Balaban J connectivity index is 1.43. The first kappa shape index (κ1) is 22.9. The fourth-order valence-corrected chi connectivity index (χ4v) is 4.90. The van der Waals surface area contributed by atoms with Crippen molar-refractivity contribution in [1.82, 2.24) is 14.7 Å². The lowest BCUT2D eigenvalue weighted by Crippen LogP contribution is -2.38. The Morgan fingerprint density at radius 1 is 1.00 bits per heavy atom. The van der Waals surface area contributed by atoms with Crippen LogP contribution in [0.3, 0.4) is 0 Å². The first-order valence-electron chi connectivity index (χ1n) is 11.1. The highest BCUT2D eigenvalue weighted by atomic mass is 32.2. The molecule has 8 heteroatoms. The van der Waals surface area contributed by atoms with Crippen molar-refractivity contribution >= 4 is 35.0 Å². The number of rotatable bonds is 6. The third kappa shape index (κ3) is 5.06. The minimum Gasteiger partial charge on any atom is -0.376 e. The lowest BCUT2D eigenvalue weighted by Gasteiger charge is -2.27. The Kier molecular flexibility index (Phi) is 7.03. The molecule has 1 aromatic heterocycles. The van der Waals surface area contributed by atoms with Gasteiger partial charge in [-0.3, -0.25) is 9.59 Å². The zero-order chi connectivity index (χ0) is 23.4. The number of carbonyl (C=O) groups is 2. The maximum absolute atomic E-state index is 12.9. The number of hydrogen-bond donors (Lipinski definition) is 2. The monoisotopic (exact) mass is 463 g/mol. The number of carbonyl (C=O) groups excluding carboxylic acids is 2. The van der Waals surface area contributed by atoms with E-state index in [0.29, 0.717) is 11.3 Å². The molecule has 1 aliphatic rings. The van der Waals surface area contributed by atoms with Crippen LogP contribution in [-0.2, 0) is 4.79 Å². The van der Waals surface area contributed by atoms with Crippen LogP contribution in [0, 0.1) is 20.8 Å². The van der Waals surface area contributed by atoms with Crippen LogP contribution in [0.1, 0.15) is 27.3 Å². The number of aryl methyl sites for hydroxylation is 1. The number of anilines is 2. The zero-order valence-corrected chi connectivity index (χ0v) is 20.0. The number of aromatic nitrogens is 2. The average molecular weight is 464 g/mol. The fraction of sp³-hybridized carbons (Fsp3) is 0.320. The molecule has 7 nitrogen and oxygen atoms in total. The van der Waals surface area contributed by atoms with E-state index in [0.717, 1.165) is 52.9 Å². The van der Waals surface area contributed by atoms with Crippen molar-refractivity contribution in [2.75, 3.05) is 41.8 Å². The minimum atomic E-state index is -0.169. The molecule has 1 fully saturated rings. The molecule has 2 N–H and O–H groups in total. The van der Waals surface area contributed by atoms with Crippen LogP contribution in [0.2, 0.25) is 0 Å². The molecule has 2 amide bonds. The van der Waals surface area contributed by atoms with E-state index >= 15 is 0 Å². The van der Waals surface area contributed by atoms with Crippen molar-refractivity contribution in [2.24, 2.45) is 0 Å². The van der Waals surface area contributed by atoms with E-state index in [2.05, 4.69) is 15.7 Å². The second-order valence-electron chi connectivity index (χ2n) is 8.08. The minimum absolute atomic E-state index is 0.0560. The summed E-state index contributed by atoms with van der Waals surface area (Å²) in [7, 11) is 0. The first-order valence-corrected chi connectivity index (χ1v) is 12.2. The molecular formula is C25H29N5O2S. The summed E-state index contributed by atoms with van der Waals surface area (Å²) in [6.45, 7) is 7.39. The van der Waals surface area contributed by atoms with Gasteiger partial charge in [-0.1, -0.05) is 24.3 Å². The number of nitrogens with one attached hydrogen (secondary N) is 2. The van der Waals surface area contributed by atoms with E-state index in [1.54, 1.807) is 0 Å². The van der Waals surface area contributed by atoms with Crippen LogP contribution < -0.4 is 10.6 Å². The summed E-state index contributed by atoms with van der Waals surface area (Å²) in [5.41, 5.74) is 5.62. The SMILES string of the molecule is Cc1nn(-c2ccccc2)c(C)c1NC(=O)CNc1cccc(C(=O)N2CCSCC2)c1C. The van der Waals surface area contributed by atoms with Gasteiger partial charge in [0.05, 0.1) is 29.3 Å². The Hall–Kier alpha value is -3.26. The van der Waals surface area contributed by atoms with Crippen LogP contribution >= 0.6 is 11.8 Å². The number of benzene rings is 2. The van der Waals surface area contributed by atoms with Crippen molar-refractivity contribution < 1.29 is 9.59 Å². The summed E-state index contributed by atoms with van der Waals surface area (Å²) < 4.78 is 1.83. The molecule has 33 heavy (non-hydrogen) atoms. The van der Waals surface area contributed by atoms with Gasteiger partial charge in [0, 0.05) is 35.8 Å². The van der Waals surface area contributed by atoms with Gasteiger partial charge in [0.2, 0.25) is 5.91 Å². The summed E-state index contributed by atoms with van der Waals surface area (Å²) in [4.78, 5) is 27.6. The Bertz CT molecular complexity index is 1150. The van der Waals surface area contributed by atoms with Crippen LogP contribution in [0.25, 0.3) is 5.69 Å². The molecule has 0 saturated carbocycles. The number of hydrogen-bond acceptors (Lipinski definition) is 5. The molecule has 0 atom stereocenters. The van der Waals surface area contributed by atoms with E-state index < -0.39 is 0 Å². The van der Waals surface area contributed by atoms with Gasteiger partial charge >= 0.3 is 0 Å². The van der Waals surface area contributed by atoms with Crippen molar-refractivity contribution in [3.63, 3.8) is 0 Å². The molecule has 1 aliphatic heterocycles.